The molecule has 7 nitrogen and oxygen atoms in total. The van der Waals surface area contributed by atoms with Crippen LogP contribution in [0.25, 0.3) is 0 Å². The number of halogens is 1. The highest BCUT2D eigenvalue weighted by molar-refractivity contribution is 6.31. The number of hydrogen-bond acceptors (Lipinski definition) is 5. The summed E-state index contributed by atoms with van der Waals surface area (Å²) in [7, 11) is 3.06. The molecular weight excluding hydrogens is 396 g/mol. The van der Waals surface area contributed by atoms with Gasteiger partial charge in [0.1, 0.15) is 5.75 Å². The van der Waals surface area contributed by atoms with E-state index >= 15 is 0 Å². The van der Waals surface area contributed by atoms with E-state index in [0.29, 0.717) is 54.0 Å². The summed E-state index contributed by atoms with van der Waals surface area (Å²) < 4.78 is 16.1. The molecule has 0 atom stereocenters. The fraction of sp³-hybridized carbons (Fsp3) is 0.333. The molecule has 1 heterocycles. The molecule has 0 radical (unpaired) electrons. The third-order valence-electron chi connectivity index (χ3n) is 4.73. The van der Waals surface area contributed by atoms with Gasteiger partial charge in [0.05, 0.1) is 19.8 Å². The molecule has 3 rings (SSSR count). The molecule has 2 aromatic rings. The van der Waals surface area contributed by atoms with E-state index in [1.807, 2.05) is 12.1 Å². The van der Waals surface area contributed by atoms with Gasteiger partial charge in [-0.2, -0.15) is 0 Å². The van der Waals surface area contributed by atoms with Crippen LogP contribution in [0, 0.1) is 0 Å². The fourth-order valence-corrected chi connectivity index (χ4v) is 3.32. The summed E-state index contributed by atoms with van der Waals surface area (Å²) in [5, 5.41) is 0.469. The second-order valence-electron chi connectivity index (χ2n) is 6.46. The minimum absolute atomic E-state index is 0.0869. The molecule has 2 aromatic carbocycles. The molecule has 1 aliphatic rings. The van der Waals surface area contributed by atoms with Crippen LogP contribution in [0.15, 0.2) is 42.5 Å². The van der Waals surface area contributed by atoms with Crippen LogP contribution >= 0.6 is 11.6 Å². The molecule has 0 spiro atoms. The molecule has 1 saturated heterocycles. The summed E-state index contributed by atoms with van der Waals surface area (Å²) in [5.74, 6) is 1.27. The summed E-state index contributed by atoms with van der Waals surface area (Å²) >= 11 is 6.03. The van der Waals surface area contributed by atoms with Crippen molar-refractivity contribution in [1.29, 1.82) is 0 Å². The Morgan fingerprint density at radius 1 is 0.897 bits per heavy atom. The van der Waals surface area contributed by atoms with Gasteiger partial charge in [-0.05, 0) is 30.3 Å². The van der Waals surface area contributed by atoms with Gasteiger partial charge in [-0.1, -0.05) is 23.7 Å². The zero-order chi connectivity index (χ0) is 20.8. The molecule has 0 N–H and O–H groups in total. The molecule has 1 aliphatic heterocycles. The van der Waals surface area contributed by atoms with E-state index in [1.54, 1.807) is 47.2 Å². The van der Waals surface area contributed by atoms with Gasteiger partial charge in [-0.3, -0.25) is 9.59 Å². The predicted molar refractivity (Wildman–Crippen MR) is 109 cm³/mol. The number of methoxy groups -OCH3 is 2. The molecule has 154 valence electrons. The quantitative estimate of drug-likeness (QED) is 0.721. The van der Waals surface area contributed by atoms with Gasteiger partial charge in [0.25, 0.3) is 11.8 Å². The van der Waals surface area contributed by atoms with E-state index in [1.165, 1.54) is 7.11 Å². The van der Waals surface area contributed by atoms with Crippen molar-refractivity contribution in [2.24, 2.45) is 0 Å². The standard InChI is InChI=1S/C21H23ClN2O5/c1-27-17-8-7-15(22)13-16(17)21(26)24-11-9-23(10-12-24)20(25)14-29-19-6-4-3-5-18(19)28-2/h3-8,13H,9-12,14H2,1-2H3. The SMILES string of the molecule is COc1ccccc1OCC(=O)N1CCN(C(=O)c2cc(Cl)ccc2OC)CC1. The lowest BCUT2D eigenvalue weighted by atomic mass is 10.1. The number of para-hydroxylation sites is 2. The Labute approximate surface area is 174 Å². The second-order valence-corrected chi connectivity index (χ2v) is 6.89. The van der Waals surface area contributed by atoms with Gasteiger partial charge in [0.2, 0.25) is 0 Å². The van der Waals surface area contributed by atoms with E-state index in [2.05, 4.69) is 0 Å². The number of nitrogens with zero attached hydrogens (tertiary/aromatic N) is 2. The van der Waals surface area contributed by atoms with E-state index in [4.69, 9.17) is 25.8 Å². The van der Waals surface area contributed by atoms with E-state index in [9.17, 15) is 9.59 Å². The summed E-state index contributed by atoms with van der Waals surface area (Å²) in [6.07, 6.45) is 0. The Morgan fingerprint density at radius 3 is 2.17 bits per heavy atom. The molecule has 0 aliphatic carbocycles. The fourth-order valence-electron chi connectivity index (χ4n) is 3.15. The number of rotatable bonds is 6. The Kier molecular flexibility index (Phi) is 6.82. The maximum Gasteiger partial charge on any atom is 0.260 e. The largest absolute Gasteiger partial charge is 0.496 e. The number of benzene rings is 2. The topological polar surface area (TPSA) is 68.3 Å². The Balaban J connectivity index is 1.55. The van der Waals surface area contributed by atoms with Crippen molar-refractivity contribution in [2.75, 3.05) is 47.0 Å². The normalized spacial score (nSPS) is 13.8. The Hall–Kier alpha value is -2.93. The average Bonchev–Trinajstić information content (AvgIpc) is 2.77. The van der Waals surface area contributed by atoms with Crippen LogP contribution in [0.3, 0.4) is 0 Å². The zero-order valence-electron chi connectivity index (χ0n) is 16.4. The Morgan fingerprint density at radius 2 is 1.52 bits per heavy atom. The van der Waals surface area contributed by atoms with Gasteiger partial charge < -0.3 is 24.0 Å². The lowest BCUT2D eigenvalue weighted by molar-refractivity contribution is -0.134. The maximum absolute atomic E-state index is 12.8. The van der Waals surface area contributed by atoms with Gasteiger partial charge >= 0.3 is 0 Å². The molecule has 0 aromatic heterocycles. The molecule has 1 fully saturated rings. The van der Waals surface area contributed by atoms with Crippen LogP contribution < -0.4 is 14.2 Å². The maximum atomic E-state index is 12.8. The van der Waals surface area contributed by atoms with Crippen molar-refractivity contribution >= 4 is 23.4 Å². The third-order valence-corrected chi connectivity index (χ3v) is 4.97. The minimum atomic E-state index is -0.165. The van der Waals surface area contributed by atoms with Crippen LogP contribution in [0.2, 0.25) is 5.02 Å². The molecular formula is C21H23ClN2O5. The van der Waals surface area contributed by atoms with Gasteiger partial charge in [0, 0.05) is 31.2 Å². The van der Waals surface area contributed by atoms with Crippen molar-refractivity contribution in [3.63, 3.8) is 0 Å². The van der Waals surface area contributed by atoms with Crippen molar-refractivity contribution < 1.29 is 23.8 Å². The van der Waals surface area contributed by atoms with Crippen LogP contribution in [0.1, 0.15) is 10.4 Å². The highest BCUT2D eigenvalue weighted by atomic mass is 35.5. The lowest BCUT2D eigenvalue weighted by Gasteiger charge is -2.35. The highest BCUT2D eigenvalue weighted by Crippen LogP contribution is 2.26. The third kappa shape index (κ3) is 4.92. The molecule has 0 saturated carbocycles. The van der Waals surface area contributed by atoms with Crippen LogP contribution in [-0.4, -0.2) is 68.6 Å². The van der Waals surface area contributed by atoms with E-state index in [0.717, 1.165) is 0 Å². The van der Waals surface area contributed by atoms with E-state index in [-0.39, 0.29) is 18.4 Å². The first kappa shape index (κ1) is 20.8. The lowest BCUT2D eigenvalue weighted by Crippen LogP contribution is -2.51. The summed E-state index contributed by atoms with van der Waals surface area (Å²) in [6, 6.07) is 12.1. The summed E-state index contributed by atoms with van der Waals surface area (Å²) in [4.78, 5) is 28.7. The van der Waals surface area contributed by atoms with Crippen molar-refractivity contribution in [3.05, 3.63) is 53.1 Å². The zero-order valence-corrected chi connectivity index (χ0v) is 17.1. The number of amides is 2. The number of ether oxygens (including phenoxy) is 3. The minimum Gasteiger partial charge on any atom is -0.496 e. The molecule has 0 unspecified atom stereocenters. The summed E-state index contributed by atoms with van der Waals surface area (Å²) in [6.45, 7) is 1.63. The number of carbonyl (C=O) groups is 2. The molecule has 2 amide bonds. The van der Waals surface area contributed by atoms with Gasteiger partial charge in [0.15, 0.2) is 18.1 Å². The van der Waals surface area contributed by atoms with Crippen LogP contribution in [-0.2, 0) is 4.79 Å². The van der Waals surface area contributed by atoms with Crippen molar-refractivity contribution in [1.82, 2.24) is 9.80 Å². The van der Waals surface area contributed by atoms with Crippen molar-refractivity contribution in [2.45, 2.75) is 0 Å². The number of hydrogen-bond donors (Lipinski definition) is 0. The molecule has 29 heavy (non-hydrogen) atoms. The van der Waals surface area contributed by atoms with Crippen LogP contribution in [0.4, 0.5) is 0 Å². The van der Waals surface area contributed by atoms with Crippen molar-refractivity contribution in [3.8, 4) is 17.2 Å². The number of carbonyl (C=O) groups excluding carboxylic acids is 2. The second kappa shape index (κ2) is 9.52. The highest BCUT2D eigenvalue weighted by Gasteiger charge is 2.27. The summed E-state index contributed by atoms with van der Waals surface area (Å²) in [5.41, 5.74) is 0.416. The van der Waals surface area contributed by atoms with Crippen LogP contribution in [0.5, 0.6) is 17.2 Å². The predicted octanol–water partition coefficient (Wildman–Crippen LogP) is 2.72. The monoisotopic (exact) mass is 418 g/mol. The first-order valence-corrected chi connectivity index (χ1v) is 9.57. The van der Waals surface area contributed by atoms with E-state index < -0.39 is 0 Å². The smallest absolute Gasteiger partial charge is 0.260 e. The first-order chi connectivity index (χ1) is 14.0. The Bertz CT molecular complexity index is 881. The average molecular weight is 419 g/mol. The molecule has 8 heteroatoms. The van der Waals surface area contributed by atoms with Gasteiger partial charge in [-0.25, -0.2) is 0 Å². The molecule has 0 bridgehead atoms. The first-order valence-electron chi connectivity index (χ1n) is 9.20. The number of piperazine rings is 1. The van der Waals surface area contributed by atoms with Gasteiger partial charge in [-0.15, -0.1) is 0 Å².